The van der Waals surface area contributed by atoms with Gasteiger partial charge in [0.15, 0.2) is 6.54 Å². The van der Waals surface area contributed by atoms with E-state index < -0.39 is 11.7 Å². The number of hydrogen-bond acceptors (Lipinski definition) is 0. The summed E-state index contributed by atoms with van der Waals surface area (Å²) in [6.07, 6.45) is 16.3. The van der Waals surface area contributed by atoms with Crippen molar-refractivity contribution in [1.29, 1.82) is 0 Å². The van der Waals surface area contributed by atoms with Gasteiger partial charge in [0, 0.05) is 6.42 Å². The summed E-state index contributed by atoms with van der Waals surface area (Å²) in [6, 6.07) is 0. The van der Waals surface area contributed by atoms with Crippen molar-refractivity contribution < 1.29 is 18.6 Å². The number of quaternary nitrogens is 1. The van der Waals surface area contributed by atoms with Crippen LogP contribution in [0.3, 0.4) is 0 Å². The average Bonchev–Trinajstić information content (AvgIpc) is 2.38. The van der Waals surface area contributed by atoms with Gasteiger partial charge in [0.05, 0.1) is 13.4 Å². The van der Waals surface area contributed by atoms with Gasteiger partial charge < -0.3 is 0 Å². The van der Waals surface area contributed by atoms with Gasteiger partial charge in [-0.3, -0.25) is 0 Å². The molecule has 4 heteroatoms. The SMILES string of the molecule is CCCCCCCCCCCCCCCC[N+](F)(F)F. The first-order chi connectivity index (χ1) is 9.56. The molecule has 122 valence electrons. The van der Waals surface area contributed by atoms with Crippen molar-refractivity contribution in [3.63, 3.8) is 0 Å². The second-order valence-corrected chi connectivity index (χ2v) is 5.87. The van der Waals surface area contributed by atoms with Crippen LogP contribution in [0, 0.1) is 0 Å². The van der Waals surface area contributed by atoms with Crippen LogP contribution in [-0.4, -0.2) is 11.7 Å². The Morgan fingerprint density at radius 1 is 0.500 bits per heavy atom. The van der Waals surface area contributed by atoms with Gasteiger partial charge in [-0.1, -0.05) is 84.0 Å². The molecule has 0 atom stereocenters. The van der Waals surface area contributed by atoms with Crippen molar-refractivity contribution in [1.82, 2.24) is 0 Å². The molecule has 0 aromatic carbocycles. The highest BCUT2D eigenvalue weighted by molar-refractivity contribution is 4.49. The van der Waals surface area contributed by atoms with E-state index >= 15 is 0 Å². The first-order valence-corrected chi connectivity index (χ1v) is 8.53. The Labute approximate surface area is 122 Å². The zero-order chi connectivity index (χ0) is 15.1. The van der Waals surface area contributed by atoms with Crippen LogP contribution in [0.2, 0.25) is 0 Å². The normalized spacial score (nSPS) is 12.0. The smallest absolute Gasteiger partial charge is 0.0654 e. The molecule has 0 amide bonds. The lowest BCUT2D eigenvalue weighted by molar-refractivity contribution is -1.27. The van der Waals surface area contributed by atoms with Crippen molar-refractivity contribution in [2.75, 3.05) is 6.54 Å². The monoisotopic (exact) mass is 296 g/mol. The second-order valence-electron chi connectivity index (χ2n) is 5.87. The van der Waals surface area contributed by atoms with E-state index in [-0.39, 0.29) is 6.42 Å². The highest BCUT2D eigenvalue weighted by atomic mass is 19.6. The van der Waals surface area contributed by atoms with Gasteiger partial charge in [0.2, 0.25) is 5.15 Å². The van der Waals surface area contributed by atoms with E-state index in [4.69, 9.17) is 0 Å². The summed E-state index contributed by atoms with van der Waals surface area (Å²) in [7, 11) is 0. The van der Waals surface area contributed by atoms with E-state index in [2.05, 4.69) is 6.92 Å². The third kappa shape index (κ3) is 17.8. The summed E-state index contributed by atoms with van der Waals surface area (Å²) in [5.74, 6) is 0. The van der Waals surface area contributed by atoms with Gasteiger partial charge >= 0.3 is 0 Å². The van der Waals surface area contributed by atoms with E-state index in [1.54, 1.807) is 0 Å². The highest BCUT2D eigenvalue weighted by Crippen LogP contribution is 2.15. The van der Waals surface area contributed by atoms with Crippen molar-refractivity contribution in [3.05, 3.63) is 0 Å². The van der Waals surface area contributed by atoms with E-state index in [0.29, 0.717) is 0 Å². The third-order valence-corrected chi connectivity index (χ3v) is 3.77. The molecular weight excluding hydrogens is 263 g/mol. The van der Waals surface area contributed by atoms with E-state index in [0.717, 1.165) is 19.3 Å². The molecular formula is C16H33F3N+. The van der Waals surface area contributed by atoms with Crippen LogP contribution in [0.15, 0.2) is 0 Å². The fraction of sp³-hybridized carbons (Fsp3) is 1.00. The third-order valence-electron chi connectivity index (χ3n) is 3.77. The number of rotatable bonds is 15. The number of hydrogen-bond donors (Lipinski definition) is 0. The van der Waals surface area contributed by atoms with E-state index in [1.807, 2.05) is 0 Å². The molecule has 0 saturated heterocycles. The number of unbranched alkanes of at least 4 members (excludes halogenated alkanes) is 13. The molecule has 0 saturated carbocycles. The standard InChI is InChI=1S/C16H33F3N/c1-2-3-4-5-6-7-8-9-10-11-12-13-14-15-16-20(17,18)19/h2-16H2,1H3/q+1. The maximum atomic E-state index is 11.8. The minimum atomic E-state index is -3.38. The van der Waals surface area contributed by atoms with Gasteiger partial charge in [-0.15, -0.1) is 0 Å². The summed E-state index contributed by atoms with van der Waals surface area (Å²) < 4.78 is 35.5. The van der Waals surface area contributed by atoms with Crippen molar-refractivity contribution in [2.24, 2.45) is 0 Å². The maximum Gasteiger partial charge on any atom is 0.244 e. The fourth-order valence-corrected chi connectivity index (χ4v) is 2.49. The number of halogens is 3. The molecule has 0 fully saturated rings. The zero-order valence-electron chi connectivity index (χ0n) is 13.2. The average molecular weight is 296 g/mol. The summed E-state index contributed by atoms with van der Waals surface area (Å²) in [5, 5.41) is -3.38. The Morgan fingerprint density at radius 3 is 1.10 bits per heavy atom. The van der Waals surface area contributed by atoms with Gasteiger partial charge in [-0.05, 0) is 6.42 Å². The molecule has 0 rings (SSSR count). The lowest BCUT2D eigenvalue weighted by Crippen LogP contribution is -2.19. The minimum Gasteiger partial charge on any atom is -0.0654 e. The second kappa shape index (κ2) is 13.7. The molecule has 0 bridgehead atoms. The lowest BCUT2D eigenvalue weighted by atomic mass is 10.0. The van der Waals surface area contributed by atoms with Crippen LogP contribution in [-0.2, 0) is 0 Å². The molecule has 0 radical (unpaired) electrons. The molecule has 0 unspecified atom stereocenters. The topological polar surface area (TPSA) is 0 Å². The first kappa shape index (κ1) is 19.8. The molecule has 0 aromatic heterocycles. The van der Waals surface area contributed by atoms with Crippen LogP contribution in [0.1, 0.15) is 96.8 Å². The minimum absolute atomic E-state index is 0.279. The van der Waals surface area contributed by atoms with Crippen LogP contribution in [0.5, 0.6) is 0 Å². The van der Waals surface area contributed by atoms with Gasteiger partial charge in [0.25, 0.3) is 0 Å². The predicted molar refractivity (Wildman–Crippen MR) is 78.8 cm³/mol. The number of nitrogens with zero attached hydrogens (tertiary/aromatic N) is 1. The molecule has 0 heterocycles. The molecule has 0 aliphatic carbocycles. The molecule has 1 nitrogen and oxygen atoms in total. The Morgan fingerprint density at radius 2 is 0.800 bits per heavy atom. The first-order valence-electron chi connectivity index (χ1n) is 8.53. The summed E-state index contributed by atoms with van der Waals surface area (Å²) in [4.78, 5) is 0. The Bertz CT molecular complexity index is 193. The van der Waals surface area contributed by atoms with Crippen molar-refractivity contribution in [2.45, 2.75) is 96.8 Å². The quantitative estimate of drug-likeness (QED) is 0.227. The molecule has 20 heavy (non-hydrogen) atoms. The molecule has 0 aliphatic heterocycles. The van der Waals surface area contributed by atoms with Gasteiger partial charge in [0.1, 0.15) is 0 Å². The Hall–Kier alpha value is -0.250. The Balaban J connectivity index is 2.99. The molecule has 0 spiro atoms. The van der Waals surface area contributed by atoms with Gasteiger partial charge in [-0.2, -0.15) is 0 Å². The molecule has 0 aliphatic rings. The summed E-state index contributed by atoms with van der Waals surface area (Å²) in [6.45, 7) is 1.57. The highest BCUT2D eigenvalue weighted by Gasteiger charge is 2.29. The van der Waals surface area contributed by atoms with E-state index in [9.17, 15) is 13.4 Å². The fourth-order valence-electron chi connectivity index (χ4n) is 2.49. The Kier molecular flexibility index (Phi) is 13.5. The van der Waals surface area contributed by atoms with Crippen LogP contribution in [0.4, 0.5) is 13.4 Å². The van der Waals surface area contributed by atoms with Gasteiger partial charge in [-0.25, -0.2) is 0 Å². The molecule has 0 N–H and O–H groups in total. The molecule has 0 aromatic rings. The van der Waals surface area contributed by atoms with Crippen LogP contribution < -0.4 is 0 Å². The van der Waals surface area contributed by atoms with Crippen LogP contribution >= 0.6 is 0 Å². The summed E-state index contributed by atoms with van der Waals surface area (Å²) in [5.41, 5.74) is 0. The van der Waals surface area contributed by atoms with Crippen LogP contribution in [0.25, 0.3) is 0 Å². The predicted octanol–water partition coefficient (Wildman–Crippen LogP) is 6.94. The van der Waals surface area contributed by atoms with Crippen molar-refractivity contribution in [3.8, 4) is 0 Å². The van der Waals surface area contributed by atoms with Crippen molar-refractivity contribution >= 4 is 0 Å². The largest absolute Gasteiger partial charge is 0.244 e. The zero-order valence-corrected chi connectivity index (χ0v) is 13.2. The maximum absolute atomic E-state index is 11.8. The summed E-state index contributed by atoms with van der Waals surface area (Å²) >= 11 is 0. The lowest BCUT2D eigenvalue weighted by Gasteiger charge is -2.03. The van der Waals surface area contributed by atoms with E-state index in [1.165, 1.54) is 64.2 Å².